The molecule has 1 heterocycles. The molecule has 0 amide bonds. The van der Waals surface area contributed by atoms with Crippen molar-refractivity contribution in [1.29, 1.82) is 0 Å². The number of ether oxygens (including phenoxy) is 1. The lowest BCUT2D eigenvalue weighted by Crippen LogP contribution is -2.26. The SMILES string of the molecule is CCc1ccc(OC)c(CNc2cccc([C@@H]3CCCCN3)c2)c1. The van der Waals surface area contributed by atoms with E-state index in [1.165, 1.54) is 41.6 Å². The lowest BCUT2D eigenvalue weighted by Gasteiger charge is -2.24. The Bertz CT molecular complexity index is 663. The van der Waals surface area contributed by atoms with E-state index in [0.29, 0.717) is 6.04 Å². The van der Waals surface area contributed by atoms with Crippen molar-refractivity contribution in [3.8, 4) is 5.75 Å². The summed E-state index contributed by atoms with van der Waals surface area (Å²) in [5.74, 6) is 0.949. The van der Waals surface area contributed by atoms with Gasteiger partial charge in [-0.15, -0.1) is 0 Å². The molecule has 1 aliphatic heterocycles. The molecule has 0 aliphatic carbocycles. The second-order valence-electron chi connectivity index (χ2n) is 6.48. The predicted octanol–water partition coefficient (Wildman–Crippen LogP) is 4.68. The first kappa shape index (κ1) is 16.8. The minimum absolute atomic E-state index is 0.499. The van der Waals surface area contributed by atoms with Crippen LogP contribution in [0.3, 0.4) is 0 Å². The van der Waals surface area contributed by atoms with Crippen LogP contribution in [0.4, 0.5) is 5.69 Å². The number of anilines is 1. The molecule has 3 rings (SSSR count). The molecular formula is C21H28N2O. The average molecular weight is 324 g/mol. The van der Waals surface area contributed by atoms with Crippen molar-refractivity contribution in [1.82, 2.24) is 5.32 Å². The van der Waals surface area contributed by atoms with Crippen LogP contribution >= 0.6 is 0 Å². The topological polar surface area (TPSA) is 33.3 Å². The van der Waals surface area contributed by atoms with Crippen molar-refractivity contribution in [3.63, 3.8) is 0 Å². The summed E-state index contributed by atoms with van der Waals surface area (Å²) in [6.45, 7) is 4.08. The molecule has 0 aromatic heterocycles. The van der Waals surface area contributed by atoms with E-state index in [1.54, 1.807) is 7.11 Å². The van der Waals surface area contributed by atoms with Gasteiger partial charge in [-0.1, -0.05) is 37.6 Å². The maximum atomic E-state index is 5.50. The van der Waals surface area contributed by atoms with Crippen LogP contribution in [0.2, 0.25) is 0 Å². The molecule has 1 fully saturated rings. The second-order valence-corrected chi connectivity index (χ2v) is 6.48. The van der Waals surface area contributed by atoms with Crippen molar-refractivity contribution in [3.05, 3.63) is 59.2 Å². The zero-order chi connectivity index (χ0) is 16.8. The third kappa shape index (κ3) is 4.09. The molecule has 0 radical (unpaired) electrons. The number of aryl methyl sites for hydroxylation is 1. The molecule has 0 bridgehead atoms. The zero-order valence-corrected chi connectivity index (χ0v) is 14.8. The zero-order valence-electron chi connectivity index (χ0n) is 14.8. The smallest absolute Gasteiger partial charge is 0.123 e. The summed E-state index contributed by atoms with van der Waals surface area (Å²) in [6, 6.07) is 15.7. The van der Waals surface area contributed by atoms with Gasteiger partial charge in [-0.3, -0.25) is 0 Å². The molecule has 2 aromatic carbocycles. The Morgan fingerprint density at radius 2 is 2.08 bits per heavy atom. The minimum atomic E-state index is 0.499. The van der Waals surface area contributed by atoms with E-state index >= 15 is 0 Å². The first-order chi connectivity index (χ1) is 11.8. The van der Waals surface area contributed by atoms with Gasteiger partial charge in [0.2, 0.25) is 0 Å². The highest BCUT2D eigenvalue weighted by Gasteiger charge is 2.14. The molecule has 1 aliphatic rings. The van der Waals surface area contributed by atoms with Crippen LogP contribution in [-0.2, 0) is 13.0 Å². The van der Waals surface area contributed by atoms with Gasteiger partial charge in [0.25, 0.3) is 0 Å². The number of hydrogen-bond donors (Lipinski definition) is 2. The monoisotopic (exact) mass is 324 g/mol. The number of rotatable bonds is 6. The second kappa shape index (κ2) is 8.20. The third-order valence-corrected chi connectivity index (χ3v) is 4.84. The van der Waals surface area contributed by atoms with E-state index in [9.17, 15) is 0 Å². The van der Waals surface area contributed by atoms with Gasteiger partial charge in [0, 0.05) is 23.8 Å². The fraction of sp³-hybridized carbons (Fsp3) is 0.429. The van der Waals surface area contributed by atoms with Gasteiger partial charge in [-0.2, -0.15) is 0 Å². The van der Waals surface area contributed by atoms with Crippen molar-refractivity contribution in [2.24, 2.45) is 0 Å². The van der Waals surface area contributed by atoms with Gasteiger partial charge < -0.3 is 15.4 Å². The number of benzene rings is 2. The quantitative estimate of drug-likeness (QED) is 0.809. The van der Waals surface area contributed by atoms with E-state index in [1.807, 2.05) is 0 Å². The Kier molecular flexibility index (Phi) is 5.76. The number of nitrogens with one attached hydrogen (secondary N) is 2. The van der Waals surface area contributed by atoms with Crippen molar-refractivity contribution in [2.75, 3.05) is 19.0 Å². The normalized spacial score (nSPS) is 17.5. The molecular weight excluding hydrogens is 296 g/mol. The highest BCUT2D eigenvalue weighted by Crippen LogP contribution is 2.26. The molecule has 0 saturated carbocycles. The van der Waals surface area contributed by atoms with Crippen LogP contribution in [0, 0.1) is 0 Å². The van der Waals surface area contributed by atoms with Crippen LogP contribution < -0.4 is 15.4 Å². The molecule has 128 valence electrons. The molecule has 0 unspecified atom stereocenters. The van der Waals surface area contributed by atoms with Crippen molar-refractivity contribution < 1.29 is 4.74 Å². The Morgan fingerprint density at radius 3 is 2.83 bits per heavy atom. The summed E-state index contributed by atoms with van der Waals surface area (Å²) < 4.78 is 5.50. The number of hydrogen-bond acceptors (Lipinski definition) is 3. The maximum Gasteiger partial charge on any atom is 0.123 e. The van der Waals surface area contributed by atoms with Crippen LogP contribution in [0.5, 0.6) is 5.75 Å². The number of piperidine rings is 1. The molecule has 0 spiro atoms. The predicted molar refractivity (Wildman–Crippen MR) is 101 cm³/mol. The van der Waals surface area contributed by atoms with E-state index in [0.717, 1.165) is 25.3 Å². The van der Waals surface area contributed by atoms with Gasteiger partial charge in [0.15, 0.2) is 0 Å². The third-order valence-electron chi connectivity index (χ3n) is 4.84. The lowest BCUT2D eigenvalue weighted by molar-refractivity contribution is 0.410. The Morgan fingerprint density at radius 1 is 1.17 bits per heavy atom. The summed E-state index contributed by atoms with van der Waals surface area (Å²) in [5, 5.41) is 7.18. The van der Waals surface area contributed by atoms with Crippen LogP contribution in [0.15, 0.2) is 42.5 Å². The van der Waals surface area contributed by atoms with Crippen LogP contribution in [0.1, 0.15) is 48.9 Å². The van der Waals surface area contributed by atoms with Gasteiger partial charge in [-0.25, -0.2) is 0 Å². The van der Waals surface area contributed by atoms with E-state index in [2.05, 4.69) is 60.0 Å². The van der Waals surface area contributed by atoms with E-state index < -0.39 is 0 Å². The standard InChI is InChI=1S/C21H28N2O/c1-3-16-10-11-21(24-2)18(13-16)15-23-19-8-6-7-17(14-19)20-9-4-5-12-22-20/h6-8,10-11,13-14,20,22-23H,3-5,9,12,15H2,1-2H3/t20-/m0/s1. The Labute approximate surface area is 145 Å². The Hall–Kier alpha value is -2.00. The van der Waals surface area contributed by atoms with E-state index in [-0.39, 0.29) is 0 Å². The van der Waals surface area contributed by atoms with Crippen molar-refractivity contribution >= 4 is 5.69 Å². The molecule has 2 N–H and O–H groups in total. The van der Waals surface area contributed by atoms with E-state index in [4.69, 9.17) is 4.74 Å². The van der Waals surface area contributed by atoms with Crippen LogP contribution in [-0.4, -0.2) is 13.7 Å². The molecule has 1 atom stereocenters. The minimum Gasteiger partial charge on any atom is -0.496 e. The molecule has 3 heteroatoms. The highest BCUT2D eigenvalue weighted by molar-refractivity contribution is 5.48. The van der Waals surface area contributed by atoms with Gasteiger partial charge in [-0.05, 0) is 55.1 Å². The summed E-state index contributed by atoms with van der Waals surface area (Å²) in [7, 11) is 1.74. The highest BCUT2D eigenvalue weighted by atomic mass is 16.5. The summed E-state index contributed by atoms with van der Waals surface area (Å²) >= 11 is 0. The number of methoxy groups -OCH3 is 1. The fourth-order valence-corrected chi connectivity index (χ4v) is 3.39. The molecule has 24 heavy (non-hydrogen) atoms. The van der Waals surface area contributed by atoms with Crippen molar-refractivity contribution in [2.45, 2.75) is 45.2 Å². The molecule has 1 saturated heterocycles. The lowest BCUT2D eigenvalue weighted by atomic mass is 9.97. The first-order valence-corrected chi connectivity index (χ1v) is 9.03. The first-order valence-electron chi connectivity index (χ1n) is 9.03. The maximum absolute atomic E-state index is 5.50. The summed E-state index contributed by atoms with van der Waals surface area (Å²) in [6.07, 6.45) is 4.88. The largest absolute Gasteiger partial charge is 0.496 e. The van der Waals surface area contributed by atoms with Gasteiger partial charge in [0.05, 0.1) is 7.11 Å². The van der Waals surface area contributed by atoms with Gasteiger partial charge in [0.1, 0.15) is 5.75 Å². The summed E-state index contributed by atoms with van der Waals surface area (Å²) in [4.78, 5) is 0. The molecule has 3 nitrogen and oxygen atoms in total. The fourth-order valence-electron chi connectivity index (χ4n) is 3.39. The van der Waals surface area contributed by atoms with Crippen LogP contribution in [0.25, 0.3) is 0 Å². The van der Waals surface area contributed by atoms with Gasteiger partial charge >= 0.3 is 0 Å². The molecule has 2 aromatic rings. The Balaban J connectivity index is 1.70. The summed E-state index contributed by atoms with van der Waals surface area (Å²) in [5.41, 5.74) is 5.10. The average Bonchev–Trinajstić information content (AvgIpc) is 2.67.